The van der Waals surface area contributed by atoms with Crippen molar-refractivity contribution in [2.45, 2.75) is 47.5 Å². The van der Waals surface area contributed by atoms with Gasteiger partial charge < -0.3 is 9.64 Å². The first-order chi connectivity index (χ1) is 9.41. The van der Waals surface area contributed by atoms with Gasteiger partial charge >= 0.3 is 0 Å². The monoisotopic (exact) mass is 275 g/mol. The van der Waals surface area contributed by atoms with Crippen LogP contribution in [0.1, 0.15) is 40.7 Å². The van der Waals surface area contributed by atoms with Crippen molar-refractivity contribution in [3.05, 3.63) is 27.8 Å². The Balaban J connectivity index is 2.13. The minimum atomic E-state index is 0.675. The smallest absolute Gasteiger partial charge is 0.125 e. The molecule has 0 bridgehead atoms. The van der Waals surface area contributed by atoms with Crippen LogP contribution in [-0.2, 0) is 0 Å². The Morgan fingerprint density at radius 1 is 0.950 bits per heavy atom. The maximum absolute atomic E-state index is 6.25. The summed E-state index contributed by atoms with van der Waals surface area (Å²) in [6.07, 6.45) is 2.60. The van der Waals surface area contributed by atoms with Crippen LogP contribution >= 0.6 is 0 Å². The fourth-order valence-electron chi connectivity index (χ4n) is 3.29. The van der Waals surface area contributed by atoms with Gasteiger partial charge in [0.15, 0.2) is 0 Å². The van der Waals surface area contributed by atoms with Crippen LogP contribution in [0.15, 0.2) is 0 Å². The van der Waals surface area contributed by atoms with Crippen molar-refractivity contribution in [1.82, 2.24) is 4.90 Å². The molecule has 0 radical (unpaired) electrons. The lowest BCUT2D eigenvalue weighted by molar-refractivity contribution is 0.149. The highest BCUT2D eigenvalue weighted by Crippen LogP contribution is 2.32. The van der Waals surface area contributed by atoms with Gasteiger partial charge in [-0.25, -0.2) is 0 Å². The highest BCUT2D eigenvalue weighted by molar-refractivity contribution is 5.53. The van der Waals surface area contributed by atoms with Crippen LogP contribution in [0, 0.1) is 40.5 Å². The average molecular weight is 275 g/mol. The molecule has 0 saturated carbocycles. The number of ether oxygens (including phenoxy) is 1. The van der Waals surface area contributed by atoms with Gasteiger partial charge in [-0.15, -0.1) is 0 Å². The van der Waals surface area contributed by atoms with Gasteiger partial charge in [0, 0.05) is 12.5 Å². The molecule has 2 rings (SSSR count). The van der Waals surface area contributed by atoms with Crippen LogP contribution in [0.3, 0.4) is 0 Å². The van der Waals surface area contributed by atoms with Crippen molar-refractivity contribution in [1.29, 1.82) is 0 Å². The van der Waals surface area contributed by atoms with E-state index in [4.69, 9.17) is 4.74 Å². The molecule has 1 aliphatic rings. The molecule has 1 heterocycles. The zero-order valence-corrected chi connectivity index (χ0v) is 14.0. The van der Waals surface area contributed by atoms with E-state index in [0.717, 1.165) is 12.4 Å². The lowest BCUT2D eigenvalue weighted by Gasteiger charge is -2.30. The highest BCUT2D eigenvalue weighted by atomic mass is 16.5. The molecule has 1 unspecified atom stereocenters. The Bertz CT molecular complexity index is 464. The van der Waals surface area contributed by atoms with Gasteiger partial charge in [-0.3, -0.25) is 0 Å². The molecule has 1 aromatic carbocycles. The molecular formula is C18H29NO. The second-order valence-electron chi connectivity index (χ2n) is 6.54. The van der Waals surface area contributed by atoms with E-state index in [-0.39, 0.29) is 0 Å². The summed E-state index contributed by atoms with van der Waals surface area (Å²) in [5, 5.41) is 0. The van der Waals surface area contributed by atoms with Crippen LogP contribution in [0.4, 0.5) is 0 Å². The summed E-state index contributed by atoms with van der Waals surface area (Å²) >= 11 is 0. The molecule has 0 N–H and O–H groups in total. The summed E-state index contributed by atoms with van der Waals surface area (Å²) in [5.74, 6) is 1.80. The number of hydrogen-bond donors (Lipinski definition) is 0. The van der Waals surface area contributed by atoms with Crippen LogP contribution in [0.5, 0.6) is 5.75 Å². The van der Waals surface area contributed by atoms with Gasteiger partial charge in [-0.05, 0) is 88.9 Å². The van der Waals surface area contributed by atoms with E-state index < -0.39 is 0 Å². The van der Waals surface area contributed by atoms with Crippen LogP contribution in [0.2, 0.25) is 0 Å². The molecular weight excluding hydrogens is 246 g/mol. The Labute approximate surface area is 124 Å². The summed E-state index contributed by atoms with van der Waals surface area (Å²) in [5.41, 5.74) is 6.79. The molecule has 0 aromatic heterocycles. The van der Waals surface area contributed by atoms with E-state index in [9.17, 15) is 0 Å². The van der Waals surface area contributed by atoms with E-state index in [1.54, 1.807) is 0 Å². The third-order valence-electron chi connectivity index (χ3n) is 5.12. The second kappa shape index (κ2) is 6.17. The first-order valence-corrected chi connectivity index (χ1v) is 7.80. The van der Waals surface area contributed by atoms with Crippen LogP contribution in [-0.4, -0.2) is 31.6 Å². The number of rotatable bonds is 3. The summed E-state index contributed by atoms with van der Waals surface area (Å²) in [4.78, 5) is 2.42. The fourth-order valence-corrected chi connectivity index (χ4v) is 3.29. The standard InChI is InChI=1S/C18H29NO/c1-12-13(2)15(4)18(16(5)14(12)3)20-11-17-8-7-9-19(6)10-17/h17H,7-11H2,1-6H3. The van der Waals surface area contributed by atoms with Crippen LogP contribution < -0.4 is 4.74 Å². The van der Waals surface area contributed by atoms with E-state index in [0.29, 0.717) is 5.92 Å². The molecule has 2 heteroatoms. The van der Waals surface area contributed by atoms with E-state index in [2.05, 4.69) is 46.6 Å². The van der Waals surface area contributed by atoms with Gasteiger partial charge in [-0.1, -0.05) is 0 Å². The van der Waals surface area contributed by atoms with Gasteiger partial charge in [0.25, 0.3) is 0 Å². The topological polar surface area (TPSA) is 12.5 Å². The summed E-state index contributed by atoms with van der Waals surface area (Å²) in [7, 11) is 2.21. The summed E-state index contributed by atoms with van der Waals surface area (Å²) < 4.78 is 6.25. The SMILES string of the molecule is Cc1c(C)c(C)c(OCC2CCCN(C)C2)c(C)c1C. The van der Waals surface area contributed by atoms with E-state index in [1.165, 1.54) is 53.7 Å². The quantitative estimate of drug-likeness (QED) is 0.828. The zero-order valence-electron chi connectivity index (χ0n) is 14.0. The summed E-state index contributed by atoms with van der Waals surface area (Å²) in [6.45, 7) is 14.3. The normalized spacial score (nSPS) is 20.2. The third-order valence-corrected chi connectivity index (χ3v) is 5.12. The maximum atomic E-state index is 6.25. The first kappa shape index (κ1) is 15.4. The molecule has 1 fully saturated rings. The van der Waals surface area contributed by atoms with Crippen molar-refractivity contribution >= 4 is 0 Å². The highest BCUT2D eigenvalue weighted by Gasteiger charge is 2.19. The molecule has 0 spiro atoms. The van der Waals surface area contributed by atoms with Gasteiger partial charge in [0.2, 0.25) is 0 Å². The van der Waals surface area contributed by atoms with Crippen molar-refractivity contribution in [3.8, 4) is 5.75 Å². The largest absolute Gasteiger partial charge is 0.493 e. The minimum absolute atomic E-state index is 0.675. The Morgan fingerprint density at radius 2 is 1.50 bits per heavy atom. The van der Waals surface area contributed by atoms with Gasteiger partial charge in [0.1, 0.15) is 5.75 Å². The number of benzene rings is 1. The Morgan fingerprint density at radius 3 is 2.05 bits per heavy atom. The average Bonchev–Trinajstić information content (AvgIpc) is 2.43. The molecule has 2 nitrogen and oxygen atoms in total. The predicted molar refractivity (Wildman–Crippen MR) is 85.8 cm³/mol. The van der Waals surface area contributed by atoms with Gasteiger partial charge in [-0.2, -0.15) is 0 Å². The van der Waals surface area contributed by atoms with Crippen molar-refractivity contribution in [2.75, 3.05) is 26.7 Å². The van der Waals surface area contributed by atoms with Crippen molar-refractivity contribution < 1.29 is 4.74 Å². The molecule has 112 valence electrons. The second-order valence-corrected chi connectivity index (χ2v) is 6.54. The first-order valence-electron chi connectivity index (χ1n) is 7.80. The molecule has 1 saturated heterocycles. The molecule has 20 heavy (non-hydrogen) atoms. The lowest BCUT2D eigenvalue weighted by Crippen LogP contribution is -2.34. The number of likely N-dealkylation sites (tertiary alicyclic amines) is 1. The molecule has 1 atom stereocenters. The van der Waals surface area contributed by atoms with Crippen LogP contribution in [0.25, 0.3) is 0 Å². The zero-order chi connectivity index (χ0) is 14.9. The molecule has 1 aromatic rings. The number of hydrogen-bond acceptors (Lipinski definition) is 2. The van der Waals surface area contributed by atoms with Crippen molar-refractivity contribution in [2.24, 2.45) is 5.92 Å². The van der Waals surface area contributed by atoms with Gasteiger partial charge in [0.05, 0.1) is 6.61 Å². The van der Waals surface area contributed by atoms with E-state index in [1.807, 2.05) is 0 Å². The molecule has 0 aliphatic carbocycles. The Hall–Kier alpha value is -1.02. The Kier molecular flexibility index (Phi) is 4.74. The number of nitrogens with zero attached hydrogens (tertiary/aromatic N) is 1. The minimum Gasteiger partial charge on any atom is -0.493 e. The third kappa shape index (κ3) is 3.01. The number of piperidine rings is 1. The predicted octanol–water partition coefficient (Wildman–Crippen LogP) is 3.95. The van der Waals surface area contributed by atoms with Crippen molar-refractivity contribution in [3.63, 3.8) is 0 Å². The maximum Gasteiger partial charge on any atom is 0.125 e. The lowest BCUT2D eigenvalue weighted by atomic mass is 9.94. The molecule has 1 aliphatic heterocycles. The summed E-state index contributed by atoms with van der Waals surface area (Å²) in [6, 6.07) is 0. The van der Waals surface area contributed by atoms with E-state index >= 15 is 0 Å². The molecule has 0 amide bonds. The fraction of sp³-hybridized carbons (Fsp3) is 0.667.